The molecule has 17 heteroatoms. The fraction of sp³-hybridized carbons (Fsp3) is 0.552. The first-order valence-electron chi connectivity index (χ1n) is 14.3. The van der Waals surface area contributed by atoms with E-state index in [1.54, 1.807) is 5.32 Å². The predicted molar refractivity (Wildman–Crippen MR) is 153 cm³/mol. The van der Waals surface area contributed by atoms with Crippen LogP contribution in [-0.2, 0) is 20.9 Å². The van der Waals surface area contributed by atoms with Gasteiger partial charge in [0.1, 0.15) is 18.1 Å². The van der Waals surface area contributed by atoms with Crippen LogP contribution < -0.4 is 21.3 Å². The van der Waals surface area contributed by atoms with E-state index in [2.05, 4.69) is 16.8 Å². The van der Waals surface area contributed by atoms with Crippen molar-refractivity contribution in [1.29, 1.82) is 0 Å². The van der Waals surface area contributed by atoms with Crippen LogP contribution >= 0.6 is 0 Å². The molecule has 0 spiro atoms. The SMILES string of the molecule is CCCC1([C@H](OCc2cn([C@H]3CC(O)[C@@H](CO)O3)c(=O)[nH]c2=O)c2cc(OC)c(C#CCNC(=O)C(F)(F)F)cc2[N+](=O)[O-])CC1. The van der Waals surface area contributed by atoms with Gasteiger partial charge in [0, 0.05) is 24.1 Å². The molecule has 46 heavy (non-hydrogen) atoms. The normalized spacial score (nSPS) is 20.8. The smallest absolute Gasteiger partial charge is 0.471 e. The average Bonchev–Trinajstić information content (AvgIpc) is 3.67. The number of benzene rings is 1. The number of alkyl halides is 3. The number of carbonyl (C=O) groups excluding carboxylic acids is 1. The van der Waals surface area contributed by atoms with Gasteiger partial charge in [0.25, 0.3) is 11.2 Å². The molecule has 4 N–H and O–H groups in total. The monoisotopic (exact) mass is 654 g/mol. The van der Waals surface area contributed by atoms with E-state index in [9.17, 15) is 47.9 Å². The van der Waals surface area contributed by atoms with E-state index in [-0.39, 0.29) is 35.5 Å². The number of aromatic amines is 1. The predicted octanol–water partition coefficient (Wildman–Crippen LogP) is 1.96. The molecule has 1 saturated carbocycles. The minimum absolute atomic E-state index is 0.000413. The number of hydrogen-bond acceptors (Lipinski definition) is 10. The lowest BCUT2D eigenvalue weighted by molar-refractivity contribution is -0.386. The minimum Gasteiger partial charge on any atom is -0.495 e. The van der Waals surface area contributed by atoms with Gasteiger partial charge in [-0.1, -0.05) is 25.2 Å². The summed E-state index contributed by atoms with van der Waals surface area (Å²) in [5, 5.41) is 33.4. The van der Waals surface area contributed by atoms with Crippen LogP contribution in [0.4, 0.5) is 18.9 Å². The second kappa shape index (κ2) is 14.0. The lowest BCUT2D eigenvalue weighted by atomic mass is 9.87. The Hall–Kier alpha value is -4.24. The number of nitrogens with one attached hydrogen (secondary N) is 2. The molecule has 1 aromatic heterocycles. The number of H-pyrrole nitrogens is 1. The van der Waals surface area contributed by atoms with E-state index in [4.69, 9.17) is 14.2 Å². The van der Waals surface area contributed by atoms with Gasteiger partial charge in [0.05, 0.1) is 60.7 Å². The van der Waals surface area contributed by atoms with Crippen molar-refractivity contribution in [3.05, 3.63) is 66.0 Å². The number of ether oxygens (including phenoxy) is 3. The highest BCUT2D eigenvalue weighted by Gasteiger charge is 2.52. The maximum atomic E-state index is 12.8. The number of hydrogen-bond donors (Lipinski definition) is 4. The van der Waals surface area contributed by atoms with Crippen LogP contribution in [0.15, 0.2) is 27.9 Å². The third-order valence-electron chi connectivity index (χ3n) is 7.98. The van der Waals surface area contributed by atoms with Gasteiger partial charge in [-0.15, -0.1) is 0 Å². The van der Waals surface area contributed by atoms with Crippen molar-refractivity contribution in [3.63, 3.8) is 0 Å². The van der Waals surface area contributed by atoms with Crippen LogP contribution in [0.1, 0.15) is 68.1 Å². The molecule has 1 saturated heterocycles. The Labute approximate surface area is 259 Å². The third-order valence-corrected chi connectivity index (χ3v) is 7.98. The number of nitro groups is 1. The summed E-state index contributed by atoms with van der Waals surface area (Å²) in [6, 6.07) is 2.48. The molecule has 2 heterocycles. The van der Waals surface area contributed by atoms with Crippen molar-refractivity contribution < 1.29 is 47.3 Å². The molecule has 1 aromatic carbocycles. The molecule has 2 aliphatic rings. The molecule has 1 aliphatic heterocycles. The highest BCUT2D eigenvalue weighted by Crippen LogP contribution is 2.61. The number of aliphatic hydroxyl groups excluding tert-OH is 2. The number of methoxy groups -OCH3 is 1. The molecule has 1 aliphatic carbocycles. The first kappa shape index (κ1) is 34.6. The summed E-state index contributed by atoms with van der Waals surface area (Å²) in [6.45, 7) is 0.418. The molecule has 4 atom stereocenters. The summed E-state index contributed by atoms with van der Waals surface area (Å²) >= 11 is 0. The van der Waals surface area contributed by atoms with Crippen molar-refractivity contribution in [2.45, 2.75) is 76.4 Å². The Morgan fingerprint density at radius 1 is 1.35 bits per heavy atom. The number of amides is 1. The van der Waals surface area contributed by atoms with Gasteiger partial charge in [-0.2, -0.15) is 13.2 Å². The molecule has 0 bridgehead atoms. The van der Waals surface area contributed by atoms with E-state index < -0.39 is 77.0 Å². The molecular weight excluding hydrogens is 621 g/mol. The number of aromatic nitrogens is 2. The third kappa shape index (κ3) is 7.58. The molecule has 2 fully saturated rings. The highest BCUT2D eigenvalue weighted by molar-refractivity contribution is 5.81. The van der Waals surface area contributed by atoms with Gasteiger partial charge in [-0.05, 0) is 25.3 Å². The Morgan fingerprint density at radius 2 is 2.07 bits per heavy atom. The van der Waals surface area contributed by atoms with E-state index in [0.29, 0.717) is 19.3 Å². The Balaban J connectivity index is 1.68. The van der Waals surface area contributed by atoms with Crippen molar-refractivity contribution in [3.8, 4) is 17.6 Å². The zero-order valence-corrected chi connectivity index (χ0v) is 24.9. The molecular formula is C29H33F3N4O10. The molecule has 0 radical (unpaired) electrons. The summed E-state index contributed by atoms with van der Waals surface area (Å²) < 4.78 is 55.6. The zero-order chi connectivity index (χ0) is 33.8. The van der Waals surface area contributed by atoms with Gasteiger partial charge < -0.3 is 29.7 Å². The summed E-state index contributed by atoms with van der Waals surface area (Å²) in [5.41, 5.74) is -2.37. The fourth-order valence-corrected chi connectivity index (χ4v) is 5.55. The summed E-state index contributed by atoms with van der Waals surface area (Å²) in [4.78, 5) is 50.2. The summed E-state index contributed by atoms with van der Waals surface area (Å²) in [5.74, 6) is 2.72. The average molecular weight is 655 g/mol. The molecule has 250 valence electrons. The minimum atomic E-state index is -5.09. The number of aliphatic hydroxyl groups is 2. The molecule has 14 nitrogen and oxygen atoms in total. The second-order valence-electron chi connectivity index (χ2n) is 11.1. The van der Waals surface area contributed by atoms with Crippen LogP contribution in [0.25, 0.3) is 0 Å². The summed E-state index contributed by atoms with van der Waals surface area (Å²) in [7, 11) is 1.28. The van der Waals surface area contributed by atoms with Crippen LogP contribution in [0, 0.1) is 27.4 Å². The number of carbonyl (C=O) groups is 1. The van der Waals surface area contributed by atoms with E-state index >= 15 is 0 Å². The first-order valence-corrected chi connectivity index (χ1v) is 14.3. The van der Waals surface area contributed by atoms with Crippen LogP contribution in [0.3, 0.4) is 0 Å². The van der Waals surface area contributed by atoms with Crippen LogP contribution in [0.5, 0.6) is 5.75 Å². The molecule has 1 amide bonds. The lowest BCUT2D eigenvalue weighted by Gasteiger charge is -2.28. The highest BCUT2D eigenvalue weighted by atomic mass is 19.4. The summed E-state index contributed by atoms with van der Waals surface area (Å²) in [6.07, 6.45) is -5.06. The van der Waals surface area contributed by atoms with Gasteiger partial charge in [0.2, 0.25) is 0 Å². The van der Waals surface area contributed by atoms with E-state index in [1.165, 1.54) is 19.4 Å². The first-order chi connectivity index (χ1) is 21.7. The van der Waals surface area contributed by atoms with Crippen LogP contribution in [0.2, 0.25) is 0 Å². The number of nitrogens with zero attached hydrogens (tertiary/aromatic N) is 2. The second-order valence-corrected chi connectivity index (χ2v) is 11.1. The van der Waals surface area contributed by atoms with Crippen LogP contribution in [-0.4, -0.2) is 69.2 Å². The topological polar surface area (TPSA) is 195 Å². The number of halogens is 3. The zero-order valence-electron chi connectivity index (χ0n) is 24.9. The van der Waals surface area contributed by atoms with Crippen molar-refractivity contribution >= 4 is 11.6 Å². The molecule has 4 rings (SSSR count). The van der Waals surface area contributed by atoms with Gasteiger partial charge in [-0.3, -0.25) is 29.3 Å². The quantitative estimate of drug-likeness (QED) is 0.149. The standard InChI is InChI=1S/C29H33F3N4O10/c1-3-6-28(7-8-28)24(45-15-17-13-35(27(41)34-25(17)39)23-12-20(38)22(14-37)46-23)18-11-21(44-2)16(10-19(18)36(42)43)5-4-9-33-26(40)29(30,31)32/h10-11,13,20,22-24,37-38H,3,6-9,12,14-15H2,1-2H3,(H,33,40)(H,34,39,41)/t20?,22-,23-,24-/m1/s1. The van der Waals surface area contributed by atoms with Crippen molar-refractivity contribution in [2.24, 2.45) is 5.41 Å². The van der Waals surface area contributed by atoms with E-state index in [0.717, 1.165) is 17.1 Å². The molecule has 1 unspecified atom stereocenters. The van der Waals surface area contributed by atoms with Gasteiger partial charge >= 0.3 is 17.8 Å². The van der Waals surface area contributed by atoms with Crippen molar-refractivity contribution in [2.75, 3.05) is 20.3 Å². The Kier molecular flexibility index (Phi) is 10.6. The van der Waals surface area contributed by atoms with E-state index in [1.807, 2.05) is 6.92 Å². The maximum Gasteiger partial charge on any atom is 0.471 e. The number of nitro benzene ring substituents is 1. The van der Waals surface area contributed by atoms with Gasteiger partial charge in [0.15, 0.2) is 0 Å². The number of rotatable bonds is 12. The largest absolute Gasteiger partial charge is 0.495 e. The van der Waals surface area contributed by atoms with Crippen molar-refractivity contribution in [1.82, 2.24) is 14.9 Å². The van der Waals surface area contributed by atoms with Gasteiger partial charge in [-0.25, -0.2) is 4.79 Å². The maximum absolute atomic E-state index is 12.8. The Morgan fingerprint density at radius 3 is 2.63 bits per heavy atom. The Bertz CT molecular complexity index is 1640. The lowest BCUT2D eigenvalue weighted by Crippen LogP contribution is -2.36. The fourth-order valence-electron chi connectivity index (χ4n) is 5.55. The molecule has 2 aromatic rings.